The van der Waals surface area contributed by atoms with Gasteiger partial charge in [0.05, 0.1) is 12.4 Å². The highest BCUT2D eigenvalue weighted by molar-refractivity contribution is 5.32. The van der Waals surface area contributed by atoms with Crippen LogP contribution in [0.4, 0.5) is 4.39 Å². The van der Waals surface area contributed by atoms with Crippen LogP contribution in [0.1, 0.15) is 38.8 Å². The predicted molar refractivity (Wildman–Crippen MR) is 73.8 cm³/mol. The molecule has 3 heteroatoms. The Morgan fingerprint density at radius 1 is 1.39 bits per heavy atom. The summed E-state index contributed by atoms with van der Waals surface area (Å²) in [5, 5.41) is 9.15. The normalized spacial score (nSPS) is 11.9. The van der Waals surface area contributed by atoms with E-state index in [1.54, 1.807) is 18.5 Å². The molecule has 0 radical (unpaired) electrons. The first kappa shape index (κ1) is 16.5. The number of pyridine rings is 1. The van der Waals surface area contributed by atoms with Gasteiger partial charge in [-0.15, -0.1) is 0 Å². The van der Waals surface area contributed by atoms with Crippen molar-refractivity contribution in [2.24, 2.45) is 0 Å². The second-order valence-corrected chi connectivity index (χ2v) is 3.57. The SMILES string of the molecule is C/C=C(\C=C(/C)F)Cc1cnccc1CO.CC. The molecule has 0 spiro atoms. The first-order chi connectivity index (χ1) is 8.67. The van der Waals surface area contributed by atoms with Crippen LogP contribution in [-0.2, 0) is 13.0 Å². The Kier molecular flexibility index (Phi) is 8.76. The van der Waals surface area contributed by atoms with Crippen molar-refractivity contribution in [3.8, 4) is 0 Å². The Bertz CT molecular complexity index is 407. The van der Waals surface area contributed by atoms with Crippen molar-refractivity contribution in [1.82, 2.24) is 4.98 Å². The predicted octanol–water partition coefficient (Wildman–Crippen LogP) is 3.96. The van der Waals surface area contributed by atoms with E-state index in [-0.39, 0.29) is 12.4 Å². The summed E-state index contributed by atoms with van der Waals surface area (Å²) in [4.78, 5) is 4.01. The molecule has 1 heterocycles. The van der Waals surface area contributed by atoms with E-state index in [1.807, 2.05) is 26.8 Å². The van der Waals surface area contributed by atoms with Crippen LogP contribution in [0.25, 0.3) is 0 Å². The van der Waals surface area contributed by atoms with Gasteiger partial charge in [-0.3, -0.25) is 4.98 Å². The zero-order valence-electron chi connectivity index (χ0n) is 11.6. The minimum absolute atomic E-state index is 0.0207. The summed E-state index contributed by atoms with van der Waals surface area (Å²) in [6.45, 7) is 7.26. The van der Waals surface area contributed by atoms with Crippen molar-refractivity contribution in [1.29, 1.82) is 0 Å². The number of hydrogen-bond acceptors (Lipinski definition) is 2. The molecule has 0 aliphatic heterocycles. The maximum absolute atomic E-state index is 12.8. The lowest BCUT2D eigenvalue weighted by molar-refractivity contribution is 0.280. The van der Waals surface area contributed by atoms with E-state index in [0.717, 1.165) is 16.7 Å². The molecule has 1 rings (SSSR count). The zero-order chi connectivity index (χ0) is 14.0. The largest absolute Gasteiger partial charge is 0.392 e. The van der Waals surface area contributed by atoms with Gasteiger partial charge in [-0.05, 0) is 49.1 Å². The number of nitrogens with zero attached hydrogens (tertiary/aromatic N) is 1. The first-order valence-electron chi connectivity index (χ1n) is 6.19. The standard InChI is InChI=1S/C13H16FNO.C2H6/c1-3-11(6-10(2)14)7-13-8-15-5-4-12(13)9-16;1-2/h3-6,8,16H,7,9H2,1-2H3;1-2H3/b10-6+,11-3+;. The molecule has 0 fully saturated rings. The third-order valence-electron chi connectivity index (χ3n) is 2.32. The third kappa shape index (κ3) is 5.73. The molecule has 2 nitrogen and oxygen atoms in total. The van der Waals surface area contributed by atoms with E-state index in [1.165, 1.54) is 13.0 Å². The van der Waals surface area contributed by atoms with Crippen LogP contribution in [-0.4, -0.2) is 10.1 Å². The second-order valence-electron chi connectivity index (χ2n) is 3.57. The van der Waals surface area contributed by atoms with Gasteiger partial charge >= 0.3 is 0 Å². The van der Waals surface area contributed by atoms with Gasteiger partial charge in [0.1, 0.15) is 0 Å². The van der Waals surface area contributed by atoms with Crippen LogP contribution in [0.3, 0.4) is 0 Å². The van der Waals surface area contributed by atoms with Crippen molar-refractivity contribution in [2.45, 2.75) is 40.7 Å². The van der Waals surface area contributed by atoms with Gasteiger partial charge in [-0.25, -0.2) is 4.39 Å². The van der Waals surface area contributed by atoms with E-state index < -0.39 is 0 Å². The highest BCUT2D eigenvalue weighted by atomic mass is 19.1. The first-order valence-corrected chi connectivity index (χ1v) is 6.19. The van der Waals surface area contributed by atoms with Crippen molar-refractivity contribution in [3.63, 3.8) is 0 Å². The smallest absolute Gasteiger partial charge is 0.0971 e. The number of aromatic nitrogens is 1. The highest BCUT2D eigenvalue weighted by Gasteiger charge is 2.03. The summed E-state index contributed by atoms with van der Waals surface area (Å²) in [7, 11) is 0. The molecule has 0 saturated carbocycles. The number of allylic oxidation sites excluding steroid dienone is 4. The van der Waals surface area contributed by atoms with Crippen molar-refractivity contribution >= 4 is 0 Å². The molecular weight excluding hydrogens is 229 g/mol. The molecule has 100 valence electrons. The summed E-state index contributed by atoms with van der Waals surface area (Å²) in [5.41, 5.74) is 2.64. The van der Waals surface area contributed by atoms with Crippen LogP contribution < -0.4 is 0 Å². The fraction of sp³-hybridized carbons (Fsp3) is 0.400. The Balaban J connectivity index is 0.00000137. The van der Waals surface area contributed by atoms with E-state index >= 15 is 0 Å². The number of halogens is 1. The van der Waals surface area contributed by atoms with E-state index in [9.17, 15) is 4.39 Å². The van der Waals surface area contributed by atoms with Gasteiger partial charge in [0.2, 0.25) is 0 Å². The Labute approximate surface area is 109 Å². The lowest BCUT2D eigenvalue weighted by Crippen LogP contribution is -1.96. The summed E-state index contributed by atoms with van der Waals surface area (Å²) in [6, 6.07) is 1.77. The molecule has 1 aromatic heterocycles. The van der Waals surface area contributed by atoms with E-state index in [2.05, 4.69) is 4.98 Å². The number of hydrogen-bond donors (Lipinski definition) is 1. The van der Waals surface area contributed by atoms with Gasteiger partial charge in [0.25, 0.3) is 0 Å². The van der Waals surface area contributed by atoms with Gasteiger partial charge in [-0.2, -0.15) is 0 Å². The minimum Gasteiger partial charge on any atom is -0.392 e. The quantitative estimate of drug-likeness (QED) is 0.822. The Hall–Kier alpha value is -1.48. The molecule has 18 heavy (non-hydrogen) atoms. The van der Waals surface area contributed by atoms with Crippen LogP contribution in [0.2, 0.25) is 0 Å². The Morgan fingerprint density at radius 3 is 2.56 bits per heavy atom. The van der Waals surface area contributed by atoms with Crippen LogP contribution in [0.15, 0.2) is 42.0 Å². The second kappa shape index (κ2) is 9.54. The molecule has 0 amide bonds. The van der Waals surface area contributed by atoms with E-state index in [0.29, 0.717) is 6.42 Å². The van der Waals surface area contributed by atoms with Crippen LogP contribution >= 0.6 is 0 Å². The molecule has 0 saturated heterocycles. The van der Waals surface area contributed by atoms with Crippen molar-refractivity contribution < 1.29 is 9.50 Å². The number of aliphatic hydroxyl groups is 1. The summed E-state index contributed by atoms with van der Waals surface area (Å²) >= 11 is 0. The molecule has 0 aliphatic rings. The molecule has 1 N–H and O–H groups in total. The highest BCUT2D eigenvalue weighted by Crippen LogP contribution is 2.15. The summed E-state index contributed by atoms with van der Waals surface area (Å²) in [5.74, 6) is -0.220. The van der Waals surface area contributed by atoms with Gasteiger partial charge in [0, 0.05) is 12.4 Å². The number of rotatable bonds is 4. The molecule has 1 aromatic rings. The van der Waals surface area contributed by atoms with Gasteiger partial charge < -0.3 is 5.11 Å². The molecule has 0 aromatic carbocycles. The average Bonchev–Trinajstić information content (AvgIpc) is 2.40. The van der Waals surface area contributed by atoms with Gasteiger partial charge in [0.15, 0.2) is 0 Å². The molecule has 0 bridgehead atoms. The average molecular weight is 251 g/mol. The van der Waals surface area contributed by atoms with Crippen LogP contribution in [0.5, 0.6) is 0 Å². The summed E-state index contributed by atoms with van der Waals surface area (Å²) < 4.78 is 12.8. The maximum atomic E-state index is 12.8. The third-order valence-corrected chi connectivity index (χ3v) is 2.32. The summed E-state index contributed by atoms with van der Waals surface area (Å²) in [6.07, 6.45) is 7.28. The number of aliphatic hydroxyl groups excluding tert-OH is 1. The minimum atomic E-state index is -0.220. The molecule has 0 aliphatic carbocycles. The molecule has 0 atom stereocenters. The molecule has 0 unspecified atom stereocenters. The van der Waals surface area contributed by atoms with Gasteiger partial charge in [-0.1, -0.05) is 19.9 Å². The fourth-order valence-electron chi connectivity index (χ4n) is 1.48. The van der Waals surface area contributed by atoms with Crippen LogP contribution in [0, 0.1) is 0 Å². The molecular formula is C15H22FNO. The zero-order valence-corrected chi connectivity index (χ0v) is 11.6. The van der Waals surface area contributed by atoms with E-state index in [4.69, 9.17) is 5.11 Å². The lowest BCUT2D eigenvalue weighted by Gasteiger charge is -2.07. The fourth-order valence-corrected chi connectivity index (χ4v) is 1.48. The topological polar surface area (TPSA) is 33.1 Å². The monoisotopic (exact) mass is 251 g/mol. The Morgan fingerprint density at radius 2 is 2.06 bits per heavy atom. The maximum Gasteiger partial charge on any atom is 0.0971 e. The van der Waals surface area contributed by atoms with Crippen molar-refractivity contribution in [3.05, 3.63) is 53.1 Å². The van der Waals surface area contributed by atoms with Crippen molar-refractivity contribution in [2.75, 3.05) is 0 Å². The lowest BCUT2D eigenvalue weighted by atomic mass is 10.0.